The molecule has 1 aliphatic rings. The van der Waals surface area contributed by atoms with Crippen molar-refractivity contribution in [2.75, 3.05) is 24.5 Å². The maximum atomic E-state index is 13.1. The normalized spacial score (nSPS) is 16.2. The van der Waals surface area contributed by atoms with E-state index in [0.717, 1.165) is 39.4 Å². The molecule has 6 rings (SSSR count). The lowest BCUT2D eigenvalue weighted by Gasteiger charge is -2.40. The van der Waals surface area contributed by atoms with Crippen LogP contribution in [-0.2, 0) is 0 Å². The Balaban J connectivity index is 1.42. The Morgan fingerprint density at radius 3 is 2.40 bits per heavy atom. The maximum Gasteiger partial charge on any atom is 0.254 e. The van der Waals surface area contributed by atoms with Crippen molar-refractivity contribution in [2.24, 2.45) is 0 Å². The van der Waals surface area contributed by atoms with Crippen molar-refractivity contribution in [3.8, 4) is 11.4 Å². The molecule has 0 bridgehead atoms. The molecule has 2 aromatic heterocycles. The van der Waals surface area contributed by atoms with Gasteiger partial charge >= 0.3 is 0 Å². The number of para-hydroxylation sites is 1. The van der Waals surface area contributed by atoms with Gasteiger partial charge in [0.25, 0.3) is 5.91 Å². The molecule has 0 radical (unpaired) electrons. The molecular weight excluding hydrogens is 436 g/mol. The number of amides is 1. The number of anilines is 1. The minimum atomic E-state index is 0.0269. The molecule has 7 heteroatoms. The van der Waals surface area contributed by atoms with E-state index in [1.807, 2.05) is 59.5 Å². The van der Waals surface area contributed by atoms with Gasteiger partial charge < -0.3 is 9.80 Å². The fourth-order valence-corrected chi connectivity index (χ4v) is 4.86. The number of carbonyl (C=O) groups excluding carboxylic acids is 1. The van der Waals surface area contributed by atoms with E-state index in [1.165, 1.54) is 5.56 Å². The second kappa shape index (κ2) is 8.51. The minimum absolute atomic E-state index is 0.0269. The Hall–Kier alpha value is -4.26. The minimum Gasteiger partial charge on any atom is -0.338 e. The van der Waals surface area contributed by atoms with Gasteiger partial charge in [0.15, 0.2) is 11.5 Å². The first-order valence-electron chi connectivity index (χ1n) is 11.9. The summed E-state index contributed by atoms with van der Waals surface area (Å²) in [6.45, 7) is 6.13. The number of nitrogens with zero attached hydrogens (tertiary/aromatic N) is 6. The number of carbonyl (C=O) groups is 1. The fraction of sp³-hybridized carbons (Fsp3) is 0.214. The number of hydrogen-bond acceptors (Lipinski definition) is 5. The molecular formula is C28H26N6O. The average molecular weight is 463 g/mol. The van der Waals surface area contributed by atoms with Crippen LogP contribution in [0, 0.1) is 6.92 Å². The number of hydrogen-bond donors (Lipinski definition) is 0. The molecule has 5 aromatic rings. The zero-order valence-corrected chi connectivity index (χ0v) is 19.8. The summed E-state index contributed by atoms with van der Waals surface area (Å²) in [5.41, 5.74) is 4.58. The lowest BCUT2D eigenvalue weighted by molar-refractivity contribution is 0.0673. The van der Waals surface area contributed by atoms with E-state index in [-0.39, 0.29) is 11.9 Å². The van der Waals surface area contributed by atoms with Crippen molar-refractivity contribution in [1.29, 1.82) is 0 Å². The predicted octanol–water partition coefficient (Wildman–Crippen LogP) is 4.60. The lowest BCUT2D eigenvalue weighted by atomic mass is 10.1. The van der Waals surface area contributed by atoms with Crippen molar-refractivity contribution in [1.82, 2.24) is 24.5 Å². The van der Waals surface area contributed by atoms with Crippen LogP contribution in [0.2, 0.25) is 0 Å². The van der Waals surface area contributed by atoms with Gasteiger partial charge in [-0.05, 0) is 38.1 Å². The summed E-state index contributed by atoms with van der Waals surface area (Å²) >= 11 is 0. The number of piperazine rings is 1. The van der Waals surface area contributed by atoms with Gasteiger partial charge in [0.1, 0.15) is 0 Å². The van der Waals surface area contributed by atoms with Crippen LogP contribution >= 0.6 is 0 Å². The Morgan fingerprint density at radius 1 is 0.886 bits per heavy atom. The van der Waals surface area contributed by atoms with E-state index < -0.39 is 0 Å². The van der Waals surface area contributed by atoms with E-state index in [2.05, 4.69) is 57.6 Å². The standard InChI is InChI=1S/C28H26N6O/c1-19-12-14-21(15-13-19)25-30-31-26-23-10-6-7-11-24(23)29-28(34(25)26)32-16-17-33(20(2)18-32)27(35)22-8-4-3-5-9-22/h3-15,20H,16-18H2,1-2H3. The molecule has 35 heavy (non-hydrogen) atoms. The van der Waals surface area contributed by atoms with Gasteiger partial charge in [-0.1, -0.05) is 60.2 Å². The molecule has 0 saturated carbocycles. The number of benzene rings is 3. The van der Waals surface area contributed by atoms with Crippen LogP contribution in [0.3, 0.4) is 0 Å². The van der Waals surface area contributed by atoms with E-state index in [9.17, 15) is 4.79 Å². The van der Waals surface area contributed by atoms with Crippen LogP contribution in [0.1, 0.15) is 22.8 Å². The SMILES string of the molecule is Cc1ccc(-c2nnc3c4ccccc4nc(N4CCN(C(=O)c5ccccc5)C(C)C4)n23)cc1. The van der Waals surface area contributed by atoms with Gasteiger partial charge in [-0.15, -0.1) is 10.2 Å². The van der Waals surface area contributed by atoms with E-state index in [0.29, 0.717) is 19.6 Å². The Kier molecular flexibility index (Phi) is 5.17. The monoisotopic (exact) mass is 462 g/mol. The Bertz CT molecular complexity index is 1530. The molecule has 3 aromatic carbocycles. The van der Waals surface area contributed by atoms with Crippen molar-refractivity contribution in [3.63, 3.8) is 0 Å². The summed E-state index contributed by atoms with van der Waals surface area (Å²) in [5.74, 6) is 1.64. The van der Waals surface area contributed by atoms with Crippen molar-refractivity contribution < 1.29 is 4.79 Å². The van der Waals surface area contributed by atoms with Crippen LogP contribution in [0.15, 0.2) is 78.9 Å². The third-order valence-corrected chi connectivity index (χ3v) is 6.73. The average Bonchev–Trinajstić information content (AvgIpc) is 3.34. The third-order valence-electron chi connectivity index (χ3n) is 6.73. The van der Waals surface area contributed by atoms with Crippen LogP contribution in [0.4, 0.5) is 5.95 Å². The van der Waals surface area contributed by atoms with Crippen molar-refractivity contribution in [3.05, 3.63) is 90.0 Å². The molecule has 1 saturated heterocycles. The van der Waals surface area contributed by atoms with Gasteiger partial charge in [0.2, 0.25) is 5.95 Å². The van der Waals surface area contributed by atoms with Gasteiger partial charge in [-0.3, -0.25) is 4.79 Å². The first kappa shape index (κ1) is 21.3. The first-order chi connectivity index (χ1) is 17.1. The van der Waals surface area contributed by atoms with Gasteiger partial charge in [0.05, 0.1) is 5.52 Å². The summed E-state index contributed by atoms with van der Waals surface area (Å²) < 4.78 is 2.06. The summed E-state index contributed by atoms with van der Waals surface area (Å²) in [6, 6.07) is 25.9. The van der Waals surface area contributed by atoms with Gasteiger partial charge in [-0.2, -0.15) is 0 Å². The molecule has 1 amide bonds. The molecule has 0 spiro atoms. The topological polar surface area (TPSA) is 66.6 Å². The molecule has 1 aliphatic heterocycles. The van der Waals surface area contributed by atoms with Crippen LogP contribution in [-0.4, -0.2) is 56.1 Å². The zero-order chi connectivity index (χ0) is 23.9. The van der Waals surface area contributed by atoms with Gasteiger partial charge in [-0.25, -0.2) is 9.38 Å². The largest absolute Gasteiger partial charge is 0.338 e. The highest BCUT2D eigenvalue weighted by Gasteiger charge is 2.31. The molecule has 1 fully saturated rings. The highest BCUT2D eigenvalue weighted by Crippen LogP contribution is 2.30. The Labute approximate surface area is 203 Å². The Morgan fingerprint density at radius 2 is 1.63 bits per heavy atom. The third kappa shape index (κ3) is 3.69. The second-order valence-electron chi connectivity index (χ2n) is 9.14. The molecule has 1 atom stereocenters. The highest BCUT2D eigenvalue weighted by molar-refractivity contribution is 5.95. The quantitative estimate of drug-likeness (QED) is 0.392. The lowest BCUT2D eigenvalue weighted by Crippen LogP contribution is -2.54. The molecule has 0 aliphatic carbocycles. The number of fused-ring (bicyclic) bond motifs is 3. The number of aromatic nitrogens is 4. The smallest absolute Gasteiger partial charge is 0.254 e. The van der Waals surface area contributed by atoms with Crippen LogP contribution in [0.25, 0.3) is 27.9 Å². The molecule has 7 nitrogen and oxygen atoms in total. The molecule has 174 valence electrons. The fourth-order valence-electron chi connectivity index (χ4n) is 4.86. The summed E-state index contributed by atoms with van der Waals surface area (Å²) in [6.07, 6.45) is 0. The second-order valence-corrected chi connectivity index (χ2v) is 9.14. The molecule has 1 unspecified atom stereocenters. The van der Waals surface area contributed by atoms with E-state index in [1.54, 1.807) is 0 Å². The molecule has 0 N–H and O–H groups in total. The summed E-state index contributed by atoms with van der Waals surface area (Å²) in [5, 5.41) is 10.1. The number of rotatable bonds is 3. The number of aryl methyl sites for hydroxylation is 1. The van der Waals surface area contributed by atoms with Crippen LogP contribution < -0.4 is 4.90 Å². The maximum absolute atomic E-state index is 13.1. The predicted molar refractivity (Wildman–Crippen MR) is 138 cm³/mol. The molecule has 3 heterocycles. The van der Waals surface area contributed by atoms with E-state index in [4.69, 9.17) is 4.98 Å². The summed E-state index contributed by atoms with van der Waals surface area (Å²) in [7, 11) is 0. The van der Waals surface area contributed by atoms with Gasteiger partial charge in [0, 0.05) is 42.2 Å². The summed E-state index contributed by atoms with van der Waals surface area (Å²) in [4.78, 5) is 22.4. The highest BCUT2D eigenvalue weighted by atomic mass is 16.2. The first-order valence-corrected chi connectivity index (χ1v) is 11.9. The zero-order valence-electron chi connectivity index (χ0n) is 19.8. The van der Waals surface area contributed by atoms with Crippen LogP contribution in [0.5, 0.6) is 0 Å². The van der Waals surface area contributed by atoms with Crippen molar-refractivity contribution >= 4 is 28.4 Å². The van der Waals surface area contributed by atoms with Crippen molar-refractivity contribution in [2.45, 2.75) is 19.9 Å². The van der Waals surface area contributed by atoms with E-state index >= 15 is 0 Å².